The van der Waals surface area contributed by atoms with Crippen molar-refractivity contribution in [2.45, 2.75) is 13.3 Å². The molecule has 116 valence electrons. The third kappa shape index (κ3) is 3.32. The van der Waals surface area contributed by atoms with E-state index in [1.54, 1.807) is 0 Å². The number of carbonyl (C=O) groups is 2. The van der Waals surface area contributed by atoms with Crippen LogP contribution in [-0.2, 0) is 11.2 Å². The highest BCUT2D eigenvalue weighted by Gasteiger charge is 2.12. The molecule has 0 aliphatic rings. The molecule has 23 heavy (non-hydrogen) atoms. The minimum absolute atomic E-state index is 0.0940. The van der Waals surface area contributed by atoms with E-state index in [-0.39, 0.29) is 11.8 Å². The molecule has 0 atom stereocenters. The van der Waals surface area contributed by atoms with Gasteiger partial charge in [-0.1, -0.05) is 29.8 Å². The van der Waals surface area contributed by atoms with Gasteiger partial charge in [-0.15, -0.1) is 11.3 Å². The molecule has 3 nitrogen and oxygen atoms in total. The Balaban J connectivity index is 1.85. The van der Waals surface area contributed by atoms with E-state index in [0.29, 0.717) is 11.3 Å². The molecule has 0 bridgehead atoms. The van der Waals surface area contributed by atoms with Crippen LogP contribution in [0, 0.1) is 6.92 Å². The molecule has 0 amide bonds. The maximum Gasteiger partial charge on any atom is 0.348 e. The monoisotopic (exact) mass is 324 g/mol. The summed E-state index contributed by atoms with van der Waals surface area (Å²) < 4.78 is 5.76. The number of fused-ring (bicyclic) bond motifs is 1. The van der Waals surface area contributed by atoms with Crippen molar-refractivity contribution in [3.05, 3.63) is 70.1 Å². The Bertz CT molecular complexity index is 893. The molecule has 3 rings (SSSR count). The van der Waals surface area contributed by atoms with Crippen LogP contribution in [0.3, 0.4) is 0 Å². The number of carbonyl (C=O) groups excluding carboxylic acids is 2. The summed E-state index contributed by atoms with van der Waals surface area (Å²) in [5, 5.41) is 0.963. The zero-order chi connectivity index (χ0) is 16.4. The van der Waals surface area contributed by atoms with Gasteiger partial charge in [0, 0.05) is 16.7 Å². The van der Waals surface area contributed by atoms with E-state index in [1.165, 1.54) is 18.4 Å². The van der Waals surface area contributed by atoms with Gasteiger partial charge in [-0.3, -0.25) is 4.79 Å². The van der Waals surface area contributed by atoms with E-state index >= 15 is 0 Å². The predicted molar refractivity (Wildman–Crippen MR) is 92.4 cm³/mol. The highest BCUT2D eigenvalue weighted by Crippen LogP contribution is 2.27. The second-order valence-electron chi connectivity index (χ2n) is 5.44. The fraction of sp³-hybridized carbons (Fsp3) is 0.158. The van der Waals surface area contributed by atoms with Crippen molar-refractivity contribution < 1.29 is 14.3 Å². The Labute approximate surface area is 138 Å². The summed E-state index contributed by atoms with van der Waals surface area (Å²) in [6.07, 6.45) is 0.350. The number of methoxy groups -OCH3 is 1. The third-order valence-electron chi connectivity index (χ3n) is 3.67. The summed E-state index contributed by atoms with van der Waals surface area (Å²) in [7, 11) is 1.37. The molecule has 0 fully saturated rings. The lowest BCUT2D eigenvalue weighted by Crippen LogP contribution is -2.03. The number of hydrogen-bond donors (Lipinski definition) is 0. The average molecular weight is 324 g/mol. The van der Waals surface area contributed by atoms with Crippen molar-refractivity contribution >= 4 is 33.2 Å². The predicted octanol–water partition coefficient (Wildman–Crippen LogP) is 4.42. The zero-order valence-electron chi connectivity index (χ0n) is 13.0. The van der Waals surface area contributed by atoms with Crippen LogP contribution in [0.5, 0.6) is 0 Å². The van der Waals surface area contributed by atoms with Gasteiger partial charge in [0.05, 0.1) is 7.11 Å². The van der Waals surface area contributed by atoms with Crippen molar-refractivity contribution in [2.75, 3.05) is 7.11 Å². The van der Waals surface area contributed by atoms with E-state index in [1.807, 2.05) is 55.5 Å². The summed E-state index contributed by atoms with van der Waals surface area (Å²) in [5.41, 5.74) is 2.75. The second kappa shape index (κ2) is 6.34. The van der Waals surface area contributed by atoms with Crippen LogP contribution in [-0.4, -0.2) is 18.9 Å². The van der Waals surface area contributed by atoms with E-state index in [0.717, 1.165) is 26.8 Å². The van der Waals surface area contributed by atoms with Gasteiger partial charge in [0.1, 0.15) is 4.88 Å². The van der Waals surface area contributed by atoms with Gasteiger partial charge in [0.2, 0.25) is 0 Å². The van der Waals surface area contributed by atoms with Crippen LogP contribution in [0.2, 0.25) is 0 Å². The van der Waals surface area contributed by atoms with Gasteiger partial charge in [-0.25, -0.2) is 4.79 Å². The Hall–Kier alpha value is -2.46. The number of hydrogen-bond acceptors (Lipinski definition) is 4. The van der Waals surface area contributed by atoms with Gasteiger partial charge < -0.3 is 4.74 Å². The topological polar surface area (TPSA) is 43.4 Å². The number of aryl methyl sites for hydroxylation is 1. The van der Waals surface area contributed by atoms with Crippen LogP contribution in [0.25, 0.3) is 10.1 Å². The summed E-state index contributed by atoms with van der Waals surface area (Å²) >= 11 is 1.40. The van der Waals surface area contributed by atoms with E-state index < -0.39 is 0 Å². The van der Waals surface area contributed by atoms with Crippen LogP contribution in [0.4, 0.5) is 0 Å². The normalized spacial score (nSPS) is 10.7. The van der Waals surface area contributed by atoms with E-state index in [9.17, 15) is 9.59 Å². The summed E-state index contributed by atoms with van der Waals surface area (Å²) in [6, 6.07) is 15.3. The van der Waals surface area contributed by atoms with Crippen LogP contribution < -0.4 is 0 Å². The lowest BCUT2D eigenvalue weighted by Gasteiger charge is -2.03. The van der Waals surface area contributed by atoms with Crippen LogP contribution in [0.15, 0.2) is 48.5 Å². The van der Waals surface area contributed by atoms with Gasteiger partial charge in [0.25, 0.3) is 0 Å². The molecule has 0 saturated carbocycles. The minimum atomic E-state index is -0.330. The molecule has 0 spiro atoms. The molecule has 0 saturated heterocycles. The zero-order valence-corrected chi connectivity index (χ0v) is 13.8. The molecule has 4 heteroatoms. The van der Waals surface area contributed by atoms with Crippen LogP contribution in [0.1, 0.15) is 31.2 Å². The average Bonchev–Trinajstić information content (AvgIpc) is 2.97. The number of thiophene rings is 1. The molecule has 3 aromatic rings. The highest BCUT2D eigenvalue weighted by atomic mass is 32.1. The number of Topliss-reactive ketones (excluding diaryl/α,β-unsaturated/α-hetero) is 1. The Morgan fingerprint density at radius 2 is 1.91 bits per heavy atom. The summed E-state index contributed by atoms with van der Waals surface area (Å²) in [4.78, 5) is 24.6. The summed E-state index contributed by atoms with van der Waals surface area (Å²) in [5.74, 6) is -0.236. The van der Waals surface area contributed by atoms with Gasteiger partial charge in [-0.05, 0) is 42.1 Å². The molecule has 0 unspecified atom stereocenters. The fourth-order valence-electron chi connectivity index (χ4n) is 2.51. The van der Waals surface area contributed by atoms with E-state index in [2.05, 4.69) is 0 Å². The molecule has 0 N–H and O–H groups in total. The van der Waals surface area contributed by atoms with Crippen LogP contribution >= 0.6 is 11.3 Å². The largest absolute Gasteiger partial charge is 0.465 e. The first-order chi connectivity index (χ1) is 11.1. The SMILES string of the molecule is COC(=O)c1cc2cc(CC(=O)c3cccc(C)c3)ccc2s1. The highest BCUT2D eigenvalue weighted by molar-refractivity contribution is 7.20. The number of esters is 1. The van der Waals surface area contributed by atoms with Crippen molar-refractivity contribution in [3.63, 3.8) is 0 Å². The first-order valence-electron chi connectivity index (χ1n) is 7.27. The molecule has 0 aliphatic heterocycles. The van der Waals surface area contributed by atoms with Crippen molar-refractivity contribution in [1.82, 2.24) is 0 Å². The van der Waals surface area contributed by atoms with Gasteiger partial charge in [0.15, 0.2) is 5.78 Å². The van der Waals surface area contributed by atoms with Crippen molar-refractivity contribution in [2.24, 2.45) is 0 Å². The van der Waals surface area contributed by atoms with Crippen molar-refractivity contribution in [3.8, 4) is 0 Å². The van der Waals surface area contributed by atoms with Gasteiger partial charge in [-0.2, -0.15) is 0 Å². The molecule has 0 aliphatic carbocycles. The maximum atomic E-state index is 12.4. The fourth-order valence-corrected chi connectivity index (χ4v) is 3.47. The lowest BCUT2D eigenvalue weighted by atomic mass is 10.0. The maximum absolute atomic E-state index is 12.4. The minimum Gasteiger partial charge on any atom is -0.465 e. The Morgan fingerprint density at radius 1 is 1.09 bits per heavy atom. The van der Waals surface area contributed by atoms with E-state index in [4.69, 9.17) is 4.74 Å². The lowest BCUT2D eigenvalue weighted by molar-refractivity contribution is 0.0606. The third-order valence-corrected chi connectivity index (χ3v) is 4.77. The molecule has 0 radical (unpaired) electrons. The molecule has 1 heterocycles. The number of ketones is 1. The molecule has 1 aromatic heterocycles. The standard InChI is InChI=1S/C19H16O3S/c1-12-4-3-5-14(8-12)16(20)10-13-6-7-17-15(9-13)11-18(23-17)19(21)22-2/h3-9,11H,10H2,1-2H3. The summed E-state index contributed by atoms with van der Waals surface area (Å²) in [6.45, 7) is 1.97. The smallest absolute Gasteiger partial charge is 0.348 e. The molecular formula is C19H16O3S. The number of ether oxygens (including phenoxy) is 1. The first kappa shape index (κ1) is 15.4. The number of rotatable bonds is 4. The van der Waals surface area contributed by atoms with Gasteiger partial charge >= 0.3 is 5.97 Å². The number of benzene rings is 2. The first-order valence-corrected chi connectivity index (χ1v) is 8.09. The van der Waals surface area contributed by atoms with Crippen molar-refractivity contribution in [1.29, 1.82) is 0 Å². The second-order valence-corrected chi connectivity index (χ2v) is 6.53. The molecular weight excluding hydrogens is 308 g/mol. The Morgan fingerprint density at radius 3 is 2.65 bits per heavy atom. The quantitative estimate of drug-likeness (QED) is 0.527. The molecule has 2 aromatic carbocycles. The Kier molecular flexibility index (Phi) is 4.26.